The number of carbonyl (C=O) groups excluding carboxylic acids is 1. The van der Waals surface area contributed by atoms with Gasteiger partial charge in [0.25, 0.3) is 0 Å². The van der Waals surface area contributed by atoms with Crippen LogP contribution < -0.4 is 10.6 Å². The first-order chi connectivity index (χ1) is 10.0. The fraction of sp³-hybridized carbons (Fsp3) is 0.750. The molecule has 0 saturated heterocycles. The lowest BCUT2D eigenvalue weighted by molar-refractivity contribution is 0.0503. The molecule has 5 nitrogen and oxygen atoms in total. The summed E-state index contributed by atoms with van der Waals surface area (Å²) >= 11 is 1.65. The lowest BCUT2D eigenvalue weighted by atomic mass is 9.88. The molecule has 0 aliphatic carbocycles. The summed E-state index contributed by atoms with van der Waals surface area (Å²) in [7, 11) is 0. The van der Waals surface area contributed by atoms with Crippen LogP contribution >= 0.6 is 11.3 Å². The summed E-state index contributed by atoms with van der Waals surface area (Å²) in [6.07, 6.45) is -0.379. The first-order valence-electron chi connectivity index (χ1n) is 7.64. The Balaban J connectivity index is 2.59. The van der Waals surface area contributed by atoms with E-state index in [2.05, 4.69) is 36.4 Å². The van der Waals surface area contributed by atoms with Crippen LogP contribution in [0.3, 0.4) is 0 Å². The van der Waals surface area contributed by atoms with Crippen LogP contribution in [0.15, 0.2) is 5.51 Å². The van der Waals surface area contributed by atoms with E-state index < -0.39 is 5.60 Å². The Bertz CT molecular complexity index is 494. The van der Waals surface area contributed by atoms with Crippen molar-refractivity contribution >= 4 is 17.4 Å². The fourth-order valence-electron chi connectivity index (χ4n) is 1.82. The minimum absolute atomic E-state index is 0.215. The predicted octanol–water partition coefficient (Wildman–Crippen LogP) is 3.48. The van der Waals surface area contributed by atoms with Gasteiger partial charge >= 0.3 is 6.09 Å². The number of hydrogen-bond acceptors (Lipinski definition) is 5. The van der Waals surface area contributed by atoms with Crippen LogP contribution in [0.5, 0.6) is 0 Å². The SMILES string of the molecule is Cc1ncsc1CNC(C)(CNC(=O)OC(C)(C)C)C(C)C. The zero-order chi connectivity index (χ0) is 17.0. The second-order valence-electron chi connectivity index (χ2n) is 7.14. The van der Waals surface area contributed by atoms with E-state index in [-0.39, 0.29) is 11.6 Å². The highest BCUT2D eigenvalue weighted by Gasteiger charge is 2.29. The minimum Gasteiger partial charge on any atom is -0.444 e. The van der Waals surface area contributed by atoms with Crippen LogP contribution in [0.4, 0.5) is 4.79 Å². The number of rotatable bonds is 6. The maximum atomic E-state index is 11.8. The molecule has 2 N–H and O–H groups in total. The van der Waals surface area contributed by atoms with E-state index in [9.17, 15) is 4.79 Å². The third kappa shape index (κ3) is 5.93. The Morgan fingerprint density at radius 3 is 2.45 bits per heavy atom. The van der Waals surface area contributed by atoms with E-state index in [0.717, 1.165) is 12.2 Å². The van der Waals surface area contributed by atoms with E-state index in [1.165, 1.54) is 4.88 Å². The standard InChI is InChI=1S/C16H29N3O2S/c1-11(2)16(7,9-17-14(20)21-15(4,5)6)19-8-13-12(3)18-10-22-13/h10-11,19H,8-9H2,1-7H3,(H,17,20). The van der Waals surface area contributed by atoms with Crippen molar-refractivity contribution in [3.63, 3.8) is 0 Å². The van der Waals surface area contributed by atoms with Crippen LogP contribution in [0.25, 0.3) is 0 Å². The number of amides is 1. The third-order valence-corrected chi connectivity index (χ3v) is 4.71. The molecule has 0 aliphatic rings. The van der Waals surface area contributed by atoms with Crippen molar-refractivity contribution in [3.8, 4) is 0 Å². The highest BCUT2D eigenvalue weighted by Crippen LogP contribution is 2.19. The molecule has 1 unspecified atom stereocenters. The molecule has 1 amide bonds. The summed E-state index contributed by atoms with van der Waals surface area (Å²) in [5.74, 6) is 0.357. The van der Waals surface area contributed by atoms with E-state index in [4.69, 9.17) is 4.74 Å². The highest BCUT2D eigenvalue weighted by atomic mass is 32.1. The highest BCUT2D eigenvalue weighted by molar-refractivity contribution is 7.09. The number of thiazole rings is 1. The second kappa shape index (κ2) is 7.42. The Morgan fingerprint density at radius 2 is 2.00 bits per heavy atom. The van der Waals surface area contributed by atoms with Crippen LogP contribution in [-0.4, -0.2) is 28.8 Å². The average molecular weight is 327 g/mol. The number of nitrogens with one attached hydrogen (secondary N) is 2. The van der Waals surface area contributed by atoms with Crippen LogP contribution in [0.2, 0.25) is 0 Å². The zero-order valence-electron chi connectivity index (χ0n) is 14.7. The minimum atomic E-state index is -0.481. The molecular formula is C16H29N3O2S. The largest absolute Gasteiger partial charge is 0.444 e. The quantitative estimate of drug-likeness (QED) is 0.839. The van der Waals surface area contributed by atoms with Crippen molar-refractivity contribution in [3.05, 3.63) is 16.1 Å². The molecular weight excluding hydrogens is 298 g/mol. The van der Waals surface area contributed by atoms with Gasteiger partial charge in [-0.15, -0.1) is 11.3 Å². The monoisotopic (exact) mass is 327 g/mol. The van der Waals surface area contributed by atoms with Gasteiger partial charge in [-0.3, -0.25) is 0 Å². The Hall–Kier alpha value is -1.14. The topological polar surface area (TPSA) is 63.2 Å². The summed E-state index contributed by atoms with van der Waals surface area (Å²) in [6, 6.07) is 0. The molecule has 1 aromatic rings. The second-order valence-corrected chi connectivity index (χ2v) is 8.08. The summed E-state index contributed by atoms with van der Waals surface area (Å²) in [5, 5.41) is 6.43. The number of aryl methyl sites for hydroxylation is 1. The summed E-state index contributed by atoms with van der Waals surface area (Å²) in [5.41, 5.74) is 2.22. The Morgan fingerprint density at radius 1 is 1.36 bits per heavy atom. The van der Waals surface area contributed by atoms with Gasteiger partial charge in [-0.05, 0) is 40.5 Å². The maximum Gasteiger partial charge on any atom is 0.407 e. The molecule has 0 bridgehead atoms. The number of aromatic nitrogens is 1. The first kappa shape index (κ1) is 18.9. The van der Waals surface area contributed by atoms with E-state index >= 15 is 0 Å². The summed E-state index contributed by atoms with van der Waals surface area (Å²) in [6.45, 7) is 15.3. The van der Waals surface area contributed by atoms with Gasteiger partial charge in [0.15, 0.2) is 0 Å². The first-order valence-corrected chi connectivity index (χ1v) is 8.52. The molecule has 0 saturated carbocycles. The lowest BCUT2D eigenvalue weighted by Gasteiger charge is -2.35. The summed E-state index contributed by atoms with van der Waals surface area (Å²) in [4.78, 5) is 17.3. The Kier molecular flexibility index (Phi) is 6.38. The van der Waals surface area contributed by atoms with Gasteiger partial charge in [-0.25, -0.2) is 9.78 Å². The van der Waals surface area contributed by atoms with Gasteiger partial charge < -0.3 is 15.4 Å². The maximum absolute atomic E-state index is 11.8. The Labute approximate surface area is 137 Å². The van der Waals surface area contributed by atoms with E-state index in [0.29, 0.717) is 12.5 Å². The van der Waals surface area contributed by atoms with Gasteiger partial charge in [0.2, 0.25) is 0 Å². The number of nitrogens with zero attached hydrogens (tertiary/aromatic N) is 1. The molecule has 0 radical (unpaired) electrons. The van der Waals surface area contributed by atoms with E-state index in [1.807, 2.05) is 33.2 Å². The molecule has 1 rings (SSSR count). The number of alkyl carbamates (subject to hydrolysis) is 1. The molecule has 1 aromatic heterocycles. The van der Waals surface area contributed by atoms with Crippen molar-refractivity contribution in [2.24, 2.45) is 5.92 Å². The third-order valence-electron chi connectivity index (χ3n) is 3.77. The van der Waals surface area contributed by atoms with Crippen LogP contribution in [0.1, 0.15) is 52.1 Å². The van der Waals surface area contributed by atoms with Crippen LogP contribution in [-0.2, 0) is 11.3 Å². The molecule has 1 heterocycles. The van der Waals surface area contributed by atoms with Gasteiger partial charge in [0.1, 0.15) is 5.60 Å². The molecule has 0 aromatic carbocycles. The fourth-order valence-corrected chi connectivity index (χ4v) is 2.54. The number of hydrogen-bond donors (Lipinski definition) is 2. The molecule has 6 heteroatoms. The van der Waals surface area contributed by atoms with E-state index in [1.54, 1.807) is 11.3 Å². The molecule has 126 valence electrons. The van der Waals surface area contributed by atoms with Gasteiger partial charge in [-0.1, -0.05) is 13.8 Å². The van der Waals surface area contributed by atoms with Crippen LogP contribution in [0, 0.1) is 12.8 Å². The normalized spacial score (nSPS) is 14.7. The smallest absolute Gasteiger partial charge is 0.407 e. The lowest BCUT2D eigenvalue weighted by Crippen LogP contribution is -2.55. The van der Waals surface area contributed by atoms with Crippen molar-refractivity contribution in [2.45, 2.75) is 66.2 Å². The van der Waals surface area contributed by atoms with Gasteiger partial charge in [0, 0.05) is 23.5 Å². The molecule has 22 heavy (non-hydrogen) atoms. The number of ether oxygens (including phenoxy) is 1. The molecule has 0 aliphatic heterocycles. The molecule has 1 atom stereocenters. The van der Waals surface area contributed by atoms with Crippen molar-refractivity contribution in [1.82, 2.24) is 15.6 Å². The number of carbonyl (C=O) groups is 1. The average Bonchev–Trinajstić information content (AvgIpc) is 2.77. The summed E-state index contributed by atoms with van der Waals surface area (Å²) < 4.78 is 5.30. The van der Waals surface area contributed by atoms with Crippen molar-refractivity contribution in [2.75, 3.05) is 6.54 Å². The predicted molar refractivity (Wildman–Crippen MR) is 91.2 cm³/mol. The molecule has 0 spiro atoms. The zero-order valence-corrected chi connectivity index (χ0v) is 15.6. The molecule has 0 fully saturated rings. The van der Waals surface area contributed by atoms with Crippen molar-refractivity contribution in [1.29, 1.82) is 0 Å². The van der Waals surface area contributed by atoms with Gasteiger partial charge in [-0.2, -0.15) is 0 Å². The van der Waals surface area contributed by atoms with Crippen molar-refractivity contribution < 1.29 is 9.53 Å². The van der Waals surface area contributed by atoms with Gasteiger partial charge in [0.05, 0.1) is 11.2 Å².